The maximum atomic E-state index is 13.1. The number of halogens is 1. The molecule has 5 nitrogen and oxygen atoms in total. The van der Waals surface area contributed by atoms with Crippen LogP contribution in [0.3, 0.4) is 0 Å². The summed E-state index contributed by atoms with van der Waals surface area (Å²) >= 11 is 5.04. The van der Waals surface area contributed by atoms with Crippen molar-refractivity contribution < 1.29 is 9.53 Å². The fourth-order valence-electron chi connectivity index (χ4n) is 3.20. The van der Waals surface area contributed by atoms with Gasteiger partial charge in [-0.2, -0.15) is 0 Å². The Balaban J connectivity index is 1.95. The Kier molecular flexibility index (Phi) is 4.18. The molecule has 23 heavy (non-hydrogen) atoms. The van der Waals surface area contributed by atoms with Crippen molar-refractivity contribution in [2.75, 3.05) is 6.54 Å². The van der Waals surface area contributed by atoms with E-state index in [9.17, 15) is 4.79 Å². The van der Waals surface area contributed by atoms with Crippen molar-refractivity contribution in [3.05, 3.63) is 43.8 Å². The van der Waals surface area contributed by atoms with Crippen molar-refractivity contribution in [2.45, 2.75) is 39.0 Å². The molecule has 3 heterocycles. The average molecular weight is 396 g/mol. The van der Waals surface area contributed by atoms with Crippen LogP contribution in [-0.4, -0.2) is 23.1 Å². The van der Waals surface area contributed by atoms with Crippen LogP contribution >= 0.6 is 27.3 Å². The zero-order valence-electron chi connectivity index (χ0n) is 13.2. The van der Waals surface area contributed by atoms with Crippen LogP contribution in [0.2, 0.25) is 0 Å². The van der Waals surface area contributed by atoms with Crippen molar-refractivity contribution in [1.82, 2.24) is 4.90 Å². The summed E-state index contributed by atoms with van der Waals surface area (Å²) in [5.41, 5.74) is 8.39. The third-order valence-electron chi connectivity index (χ3n) is 4.51. The molecule has 1 N–H and O–H groups in total. The fourth-order valence-corrected chi connectivity index (χ4v) is 4.85. The first kappa shape index (κ1) is 16.4. The number of fused-ring (bicyclic) bond motifs is 1. The number of aryl methyl sites for hydroxylation is 1. The predicted octanol–water partition coefficient (Wildman–Crippen LogP) is 4.36. The summed E-state index contributed by atoms with van der Waals surface area (Å²) in [7, 11) is 0. The number of hydrogen-bond donors (Lipinski definition) is 1. The third-order valence-corrected chi connectivity index (χ3v) is 6.22. The van der Waals surface area contributed by atoms with Gasteiger partial charge in [0.05, 0.1) is 6.04 Å². The molecular formula is C16H18BrN3O2S. The van der Waals surface area contributed by atoms with Crippen LogP contribution in [-0.2, 0) is 16.0 Å². The number of ether oxygens (including phenoxy) is 1. The van der Waals surface area contributed by atoms with Crippen molar-refractivity contribution in [2.24, 2.45) is 5.11 Å². The Morgan fingerprint density at radius 2 is 2.30 bits per heavy atom. The molecule has 0 spiro atoms. The van der Waals surface area contributed by atoms with E-state index in [-0.39, 0.29) is 11.9 Å². The second-order valence-corrected chi connectivity index (χ2v) is 7.88. The highest BCUT2D eigenvalue weighted by Crippen LogP contribution is 2.40. The van der Waals surface area contributed by atoms with E-state index in [4.69, 9.17) is 10.3 Å². The summed E-state index contributed by atoms with van der Waals surface area (Å²) in [6.45, 7) is 6.87. The second kappa shape index (κ2) is 5.87. The standard InChI is InChI=1S/C16H18BrN3O2S/c1-9-11(3)23-12-6-8-20(10(2)14(9)12)15(21)16(19-18)7-4-5-13(17)22-16/h4-5,7,10,18H,6,8H2,1-3H3. The van der Waals surface area contributed by atoms with Crippen molar-refractivity contribution in [3.8, 4) is 0 Å². The number of allylic oxidation sites excluding steroid dienone is 2. The molecule has 1 aromatic heterocycles. The Labute approximate surface area is 147 Å². The monoisotopic (exact) mass is 395 g/mol. The van der Waals surface area contributed by atoms with Crippen molar-refractivity contribution >= 4 is 33.2 Å². The summed E-state index contributed by atoms with van der Waals surface area (Å²) < 4.78 is 5.96. The maximum Gasteiger partial charge on any atom is 0.316 e. The number of thiophene rings is 1. The number of rotatable bonds is 2. The number of nitrogens with zero attached hydrogens (tertiary/aromatic N) is 2. The molecule has 2 aliphatic rings. The molecule has 0 saturated carbocycles. The second-order valence-electron chi connectivity index (χ2n) is 5.78. The summed E-state index contributed by atoms with van der Waals surface area (Å²) in [4.78, 5) is 17.5. The Bertz CT molecular complexity index is 740. The van der Waals surface area contributed by atoms with Gasteiger partial charge in [0, 0.05) is 16.3 Å². The third kappa shape index (κ3) is 2.55. The summed E-state index contributed by atoms with van der Waals surface area (Å²) in [5.74, 6) is -0.296. The van der Waals surface area contributed by atoms with Gasteiger partial charge in [0.25, 0.3) is 5.91 Å². The molecule has 122 valence electrons. The minimum atomic E-state index is -1.60. The van der Waals surface area contributed by atoms with Gasteiger partial charge in [-0.05, 0) is 66.4 Å². The smallest absolute Gasteiger partial charge is 0.316 e. The largest absolute Gasteiger partial charge is 0.445 e. The highest BCUT2D eigenvalue weighted by Gasteiger charge is 2.46. The first-order chi connectivity index (χ1) is 10.9. The number of hydrogen-bond acceptors (Lipinski definition) is 5. The van der Waals surface area contributed by atoms with Crippen LogP contribution in [0.25, 0.3) is 0 Å². The van der Waals surface area contributed by atoms with Crippen LogP contribution in [0, 0.1) is 19.4 Å². The van der Waals surface area contributed by atoms with E-state index in [2.05, 4.69) is 34.9 Å². The van der Waals surface area contributed by atoms with E-state index >= 15 is 0 Å². The molecule has 3 rings (SSSR count). The van der Waals surface area contributed by atoms with E-state index in [0.29, 0.717) is 11.2 Å². The summed E-state index contributed by atoms with van der Waals surface area (Å²) in [6, 6.07) is -0.0449. The fraction of sp³-hybridized carbons (Fsp3) is 0.438. The Hall–Kier alpha value is -1.47. The Morgan fingerprint density at radius 3 is 2.96 bits per heavy atom. The van der Waals surface area contributed by atoms with Crippen LogP contribution in [0.4, 0.5) is 0 Å². The topological polar surface area (TPSA) is 65.8 Å². The molecule has 2 atom stereocenters. The molecular weight excluding hydrogens is 378 g/mol. The van der Waals surface area contributed by atoms with Gasteiger partial charge in [0.2, 0.25) is 0 Å². The zero-order valence-corrected chi connectivity index (χ0v) is 15.6. The molecule has 0 saturated heterocycles. The predicted molar refractivity (Wildman–Crippen MR) is 92.7 cm³/mol. The lowest BCUT2D eigenvalue weighted by atomic mass is 9.95. The molecule has 2 aliphatic heterocycles. The van der Waals surface area contributed by atoms with Gasteiger partial charge in [-0.1, -0.05) is 6.08 Å². The lowest BCUT2D eigenvalue weighted by Crippen LogP contribution is -2.51. The number of carbonyl (C=O) groups excluding carboxylic acids is 1. The van der Waals surface area contributed by atoms with E-state index in [0.717, 1.165) is 6.42 Å². The minimum absolute atomic E-state index is 0.0449. The maximum absolute atomic E-state index is 13.1. The van der Waals surface area contributed by atoms with E-state index in [1.165, 1.54) is 27.0 Å². The zero-order chi connectivity index (χ0) is 16.8. The molecule has 2 unspecified atom stereocenters. The molecule has 1 amide bonds. The van der Waals surface area contributed by atoms with Crippen LogP contribution in [0.15, 0.2) is 28.0 Å². The molecule has 0 aliphatic carbocycles. The van der Waals surface area contributed by atoms with E-state index in [1.807, 2.05) is 18.3 Å². The van der Waals surface area contributed by atoms with E-state index < -0.39 is 5.72 Å². The molecule has 0 fully saturated rings. The van der Waals surface area contributed by atoms with Gasteiger partial charge in [0.1, 0.15) is 0 Å². The van der Waals surface area contributed by atoms with E-state index in [1.54, 1.807) is 17.1 Å². The van der Waals surface area contributed by atoms with Crippen LogP contribution in [0.1, 0.15) is 33.8 Å². The van der Waals surface area contributed by atoms with Gasteiger partial charge in [-0.15, -0.1) is 16.5 Å². The van der Waals surface area contributed by atoms with Gasteiger partial charge in [-0.25, -0.2) is 5.53 Å². The van der Waals surface area contributed by atoms with Gasteiger partial charge >= 0.3 is 5.72 Å². The lowest BCUT2D eigenvalue weighted by Gasteiger charge is -2.38. The molecule has 7 heteroatoms. The van der Waals surface area contributed by atoms with Gasteiger partial charge in [0.15, 0.2) is 4.67 Å². The minimum Gasteiger partial charge on any atom is -0.445 e. The van der Waals surface area contributed by atoms with Crippen LogP contribution in [0.5, 0.6) is 0 Å². The highest BCUT2D eigenvalue weighted by molar-refractivity contribution is 9.11. The van der Waals surface area contributed by atoms with Crippen LogP contribution < -0.4 is 0 Å². The molecule has 0 bridgehead atoms. The lowest BCUT2D eigenvalue weighted by molar-refractivity contribution is -0.150. The first-order valence-electron chi connectivity index (χ1n) is 7.42. The molecule has 1 aromatic rings. The van der Waals surface area contributed by atoms with Crippen molar-refractivity contribution in [3.63, 3.8) is 0 Å². The quantitative estimate of drug-likeness (QED) is 0.755. The normalized spacial score (nSPS) is 26.3. The highest BCUT2D eigenvalue weighted by atomic mass is 79.9. The first-order valence-corrected chi connectivity index (χ1v) is 9.03. The number of nitrogens with one attached hydrogen (secondary N) is 1. The van der Waals surface area contributed by atoms with Gasteiger partial charge in [-0.3, -0.25) is 4.79 Å². The average Bonchev–Trinajstić information content (AvgIpc) is 2.82. The summed E-state index contributed by atoms with van der Waals surface area (Å²) in [6.07, 6.45) is 5.73. The number of amides is 1. The van der Waals surface area contributed by atoms with Crippen molar-refractivity contribution in [1.29, 1.82) is 5.53 Å². The molecule has 0 aromatic carbocycles. The molecule has 0 radical (unpaired) electrons. The summed E-state index contributed by atoms with van der Waals surface area (Å²) in [5, 5.41) is 3.50. The van der Waals surface area contributed by atoms with Gasteiger partial charge < -0.3 is 9.64 Å². The number of carbonyl (C=O) groups is 1. The SMILES string of the molecule is Cc1sc2c(c1C)C(C)N(C(=O)C1(N=N)C=CC=C(Br)O1)CC2. The Morgan fingerprint density at radius 1 is 1.57 bits per heavy atom.